The van der Waals surface area contributed by atoms with Crippen LogP contribution in [0.15, 0.2) is 70.4 Å². The number of amides is 1. The first-order valence-electron chi connectivity index (χ1n) is 14.1. The fourth-order valence-electron chi connectivity index (χ4n) is 6.01. The third-order valence-electron chi connectivity index (χ3n) is 8.46. The van der Waals surface area contributed by atoms with Crippen LogP contribution in [0.2, 0.25) is 5.02 Å². The summed E-state index contributed by atoms with van der Waals surface area (Å²) >= 11 is 6.62. The van der Waals surface area contributed by atoms with Crippen molar-refractivity contribution in [2.75, 3.05) is 20.2 Å². The molecular weight excluding hydrogens is 570 g/mol. The van der Waals surface area contributed by atoms with Crippen molar-refractivity contribution in [2.45, 2.75) is 38.0 Å². The molecule has 0 saturated carbocycles. The van der Waals surface area contributed by atoms with Gasteiger partial charge in [0.05, 0.1) is 18.4 Å². The number of nitrogens with one attached hydrogen (secondary N) is 1. The Morgan fingerprint density at radius 1 is 1.21 bits per heavy atom. The van der Waals surface area contributed by atoms with Crippen molar-refractivity contribution >= 4 is 23.1 Å². The number of aromatic nitrogens is 3. The molecular formula is C32H36ClN5O5. The van der Waals surface area contributed by atoms with Crippen molar-refractivity contribution in [3.63, 3.8) is 0 Å². The van der Waals surface area contributed by atoms with Crippen LogP contribution < -0.4 is 21.3 Å². The Morgan fingerprint density at radius 3 is 2.63 bits per heavy atom. The van der Waals surface area contributed by atoms with Crippen LogP contribution in [-0.4, -0.2) is 55.8 Å². The zero-order chi connectivity index (χ0) is 31.1. The molecule has 1 aliphatic heterocycles. The predicted octanol–water partition coefficient (Wildman–Crippen LogP) is 3.01. The van der Waals surface area contributed by atoms with E-state index >= 15 is 0 Å². The molecule has 1 amide bonds. The molecule has 2 aliphatic rings. The highest BCUT2D eigenvalue weighted by molar-refractivity contribution is 6.32. The Labute approximate surface area is 254 Å². The van der Waals surface area contributed by atoms with Gasteiger partial charge in [-0.15, -0.1) is 0 Å². The highest BCUT2D eigenvalue weighted by Gasteiger charge is 2.43. The molecule has 3 heterocycles. The van der Waals surface area contributed by atoms with Crippen LogP contribution in [0, 0.1) is 5.92 Å². The fourth-order valence-corrected chi connectivity index (χ4v) is 6.25. The van der Waals surface area contributed by atoms with E-state index < -0.39 is 34.2 Å². The lowest BCUT2D eigenvalue weighted by Gasteiger charge is -2.40. The molecule has 1 fully saturated rings. The summed E-state index contributed by atoms with van der Waals surface area (Å²) in [5, 5.41) is 14.1. The summed E-state index contributed by atoms with van der Waals surface area (Å²) < 4.78 is 7.84. The molecule has 2 N–H and O–H groups in total. The number of likely N-dealkylation sites (tertiary alicyclic amines) is 1. The highest BCUT2D eigenvalue weighted by Crippen LogP contribution is 2.44. The van der Waals surface area contributed by atoms with Crippen LogP contribution in [0.25, 0.3) is 5.57 Å². The number of carbonyl (C=O) groups excluding carboxylic acids is 1. The fraction of sp³-hybridized carbons (Fsp3) is 0.375. The van der Waals surface area contributed by atoms with E-state index in [1.165, 1.54) is 24.9 Å². The number of nitrogens with zero attached hydrogens (tertiary/aromatic N) is 4. The van der Waals surface area contributed by atoms with E-state index in [2.05, 4.69) is 10.2 Å². The molecule has 1 aliphatic carbocycles. The molecule has 2 unspecified atom stereocenters. The van der Waals surface area contributed by atoms with Gasteiger partial charge in [-0.05, 0) is 36.6 Å². The molecule has 2 aromatic heterocycles. The number of carbonyl (C=O) groups is 1. The number of aryl methyl sites for hydroxylation is 1. The summed E-state index contributed by atoms with van der Waals surface area (Å²) in [6.07, 6.45) is 7.57. The van der Waals surface area contributed by atoms with Gasteiger partial charge in [0.2, 0.25) is 5.88 Å². The first kappa shape index (κ1) is 30.5. The first-order valence-corrected chi connectivity index (χ1v) is 14.5. The minimum atomic E-state index is -1.22. The number of aliphatic hydroxyl groups is 1. The summed E-state index contributed by atoms with van der Waals surface area (Å²) in [6.45, 7) is 5.62. The highest BCUT2D eigenvalue weighted by atomic mass is 35.5. The standard InChI is InChI=1S/C32H36ClN5O5/c1-20-22(23-9-6-7-11-25(23)33)10-8-14-32(20,35-27(39)24-18-36(3)30(41)37(4)29(24)40)26-13-12-21(28(34-26)43-5)17-38-16-15-31(2,42)19-38/h6-14,18,20,42H,15-17,19H2,1-5H3,(H,35,39)/t20-,31?,32?/m0/s1. The number of hydrogen-bond acceptors (Lipinski definition) is 7. The average Bonchev–Trinajstić information content (AvgIpc) is 3.33. The lowest BCUT2D eigenvalue weighted by atomic mass is 9.72. The molecule has 1 saturated heterocycles. The number of pyridine rings is 1. The maximum atomic E-state index is 13.9. The number of ether oxygens (including phenoxy) is 1. The van der Waals surface area contributed by atoms with Gasteiger partial charge in [0.1, 0.15) is 11.1 Å². The number of hydrogen-bond donors (Lipinski definition) is 2. The van der Waals surface area contributed by atoms with E-state index in [9.17, 15) is 19.5 Å². The van der Waals surface area contributed by atoms with Crippen LogP contribution in [0.1, 0.15) is 47.4 Å². The third-order valence-corrected chi connectivity index (χ3v) is 8.79. The molecule has 0 spiro atoms. The summed E-state index contributed by atoms with van der Waals surface area (Å²) in [5.41, 5.74) is -0.360. The van der Waals surface area contributed by atoms with Gasteiger partial charge in [0.15, 0.2) is 0 Å². The average molecular weight is 606 g/mol. The second-order valence-electron chi connectivity index (χ2n) is 11.6. The number of allylic oxidation sites excluding steroid dienone is 2. The minimum Gasteiger partial charge on any atom is -0.481 e. The van der Waals surface area contributed by atoms with Gasteiger partial charge in [-0.2, -0.15) is 0 Å². The summed E-state index contributed by atoms with van der Waals surface area (Å²) in [7, 11) is 4.37. The van der Waals surface area contributed by atoms with Gasteiger partial charge in [0, 0.05) is 56.4 Å². The molecule has 0 radical (unpaired) electrons. The SMILES string of the molecule is COc1nc(C2(NC(=O)c3cn(C)c(=O)n(C)c3=O)C=CC=C(c3ccccc3Cl)[C@@H]2C)ccc1CN1CCC(C)(O)C1. The van der Waals surface area contributed by atoms with E-state index in [-0.39, 0.29) is 5.56 Å². The molecule has 226 valence electrons. The van der Waals surface area contributed by atoms with Gasteiger partial charge in [-0.25, -0.2) is 9.78 Å². The smallest absolute Gasteiger partial charge is 0.330 e. The number of β-amino-alcohol motifs (C(OH)–C–C–N with tert-alkyl or cyclic N) is 1. The van der Waals surface area contributed by atoms with Gasteiger partial charge in [0.25, 0.3) is 11.5 Å². The lowest BCUT2D eigenvalue weighted by molar-refractivity contribution is 0.0677. The summed E-state index contributed by atoms with van der Waals surface area (Å²) in [6, 6.07) is 11.2. The zero-order valence-corrected chi connectivity index (χ0v) is 25.7. The van der Waals surface area contributed by atoms with E-state index in [4.69, 9.17) is 21.3 Å². The van der Waals surface area contributed by atoms with E-state index in [1.54, 1.807) is 7.11 Å². The Bertz CT molecular complexity index is 1760. The largest absolute Gasteiger partial charge is 0.481 e. The van der Waals surface area contributed by atoms with Crippen molar-refractivity contribution in [3.8, 4) is 5.88 Å². The molecule has 0 bridgehead atoms. The third kappa shape index (κ3) is 5.70. The monoisotopic (exact) mass is 605 g/mol. The van der Waals surface area contributed by atoms with E-state index in [0.717, 1.165) is 27.8 Å². The van der Waals surface area contributed by atoms with Gasteiger partial charge in [-0.3, -0.25) is 19.1 Å². The molecule has 3 atom stereocenters. The van der Waals surface area contributed by atoms with Crippen LogP contribution in [-0.2, 0) is 26.2 Å². The second kappa shape index (κ2) is 11.6. The van der Waals surface area contributed by atoms with Crippen molar-refractivity contribution in [1.82, 2.24) is 24.3 Å². The Morgan fingerprint density at radius 2 is 1.95 bits per heavy atom. The topological polar surface area (TPSA) is 119 Å². The molecule has 11 heteroatoms. The first-order chi connectivity index (χ1) is 20.4. The zero-order valence-electron chi connectivity index (χ0n) is 24.9. The van der Waals surface area contributed by atoms with Gasteiger partial charge in [-0.1, -0.05) is 61.0 Å². The second-order valence-corrected chi connectivity index (χ2v) is 12.0. The van der Waals surface area contributed by atoms with Gasteiger partial charge < -0.3 is 19.7 Å². The lowest BCUT2D eigenvalue weighted by Crippen LogP contribution is -2.52. The van der Waals surface area contributed by atoms with Crippen LogP contribution >= 0.6 is 11.6 Å². The number of rotatable bonds is 7. The number of halogens is 1. The molecule has 43 heavy (non-hydrogen) atoms. The summed E-state index contributed by atoms with van der Waals surface area (Å²) in [5.74, 6) is -0.656. The molecule has 5 rings (SSSR count). The Kier molecular flexibility index (Phi) is 8.22. The predicted molar refractivity (Wildman–Crippen MR) is 165 cm³/mol. The van der Waals surface area contributed by atoms with Crippen molar-refractivity contribution in [1.29, 1.82) is 0 Å². The number of methoxy groups -OCH3 is 1. The van der Waals surface area contributed by atoms with E-state index in [1.807, 2.05) is 68.5 Å². The Balaban J connectivity index is 1.60. The quantitative estimate of drug-likeness (QED) is 0.425. The molecule has 10 nitrogen and oxygen atoms in total. The Hall–Kier alpha value is -3.99. The van der Waals surface area contributed by atoms with Crippen molar-refractivity contribution in [2.24, 2.45) is 20.0 Å². The maximum Gasteiger partial charge on any atom is 0.330 e. The molecule has 1 aromatic carbocycles. The normalized spacial score (nSPS) is 23.7. The summed E-state index contributed by atoms with van der Waals surface area (Å²) in [4.78, 5) is 46.3. The van der Waals surface area contributed by atoms with Crippen molar-refractivity contribution < 1.29 is 14.6 Å². The molecule has 3 aromatic rings. The van der Waals surface area contributed by atoms with Crippen LogP contribution in [0.4, 0.5) is 0 Å². The van der Waals surface area contributed by atoms with Crippen molar-refractivity contribution in [3.05, 3.63) is 109 Å². The van der Waals surface area contributed by atoms with Gasteiger partial charge >= 0.3 is 5.69 Å². The minimum absolute atomic E-state index is 0.178. The van der Waals surface area contributed by atoms with E-state index in [0.29, 0.717) is 36.1 Å². The number of benzene rings is 1. The maximum absolute atomic E-state index is 13.9. The van der Waals surface area contributed by atoms with Crippen LogP contribution in [0.5, 0.6) is 5.88 Å². The van der Waals surface area contributed by atoms with Crippen LogP contribution in [0.3, 0.4) is 0 Å².